The first kappa shape index (κ1) is 12.7. The maximum absolute atomic E-state index is 10.9. The van der Waals surface area contributed by atoms with Crippen LogP contribution in [0.1, 0.15) is 33.1 Å². The molecule has 1 aliphatic carbocycles. The molecule has 0 N–H and O–H groups in total. The first-order valence-electron chi connectivity index (χ1n) is 5.32. The van der Waals surface area contributed by atoms with Gasteiger partial charge in [-0.3, -0.25) is 9.59 Å². The molecule has 3 atom stereocenters. The van der Waals surface area contributed by atoms with Crippen LogP contribution in [0.15, 0.2) is 0 Å². The van der Waals surface area contributed by atoms with Crippen LogP contribution < -0.4 is 0 Å². The summed E-state index contributed by atoms with van der Waals surface area (Å²) in [4.78, 5) is 32.4. The molecule has 0 amide bonds. The van der Waals surface area contributed by atoms with Crippen molar-refractivity contribution >= 4 is 18.2 Å². The van der Waals surface area contributed by atoms with Crippen LogP contribution in [0.5, 0.6) is 0 Å². The molecule has 1 fully saturated rings. The molecule has 0 heterocycles. The lowest BCUT2D eigenvalue weighted by Gasteiger charge is -2.31. The molecule has 1 aliphatic rings. The highest BCUT2D eigenvalue weighted by Crippen LogP contribution is 2.28. The summed E-state index contributed by atoms with van der Waals surface area (Å²) < 4.78 is 10.1. The second kappa shape index (κ2) is 5.63. The Labute approximate surface area is 94.1 Å². The first-order chi connectivity index (χ1) is 7.52. The number of esters is 2. The van der Waals surface area contributed by atoms with E-state index < -0.39 is 0 Å². The minimum atomic E-state index is -0.386. The second-order valence-corrected chi connectivity index (χ2v) is 3.99. The second-order valence-electron chi connectivity index (χ2n) is 3.99. The number of carbonyl (C=O) groups is 3. The monoisotopic (exact) mass is 228 g/mol. The summed E-state index contributed by atoms with van der Waals surface area (Å²) in [6.07, 6.45) is 1.77. The summed E-state index contributed by atoms with van der Waals surface area (Å²) in [5, 5.41) is 0. The Bertz CT molecular complexity index is 286. The quantitative estimate of drug-likeness (QED) is 0.529. The highest BCUT2D eigenvalue weighted by atomic mass is 16.6. The molecule has 0 spiro atoms. The van der Waals surface area contributed by atoms with Crippen molar-refractivity contribution in [2.45, 2.75) is 45.3 Å². The van der Waals surface area contributed by atoms with E-state index in [0.717, 1.165) is 6.29 Å². The standard InChI is InChI=1S/C11H16O5/c1-7(13)15-10-3-4-11(16-8(2)14)9(5-10)6-12/h6,9-11H,3-5H2,1-2H3. The van der Waals surface area contributed by atoms with Crippen molar-refractivity contribution in [3.63, 3.8) is 0 Å². The molecule has 3 unspecified atom stereocenters. The van der Waals surface area contributed by atoms with Crippen molar-refractivity contribution in [1.29, 1.82) is 0 Å². The molecule has 0 bridgehead atoms. The number of ether oxygens (including phenoxy) is 2. The van der Waals surface area contributed by atoms with E-state index in [9.17, 15) is 14.4 Å². The van der Waals surface area contributed by atoms with Crippen molar-refractivity contribution in [3.8, 4) is 0 Å². The van der Waals surface area contributed by atoms with Crippen LogP contribution in [0.4, 0.5) is 0 Å². The third kappa shape index (κ3) is 3.64. The Morgan fingerprint density at radius 3 is 2.25 bits per heavy atom. The highest BCUT2D eigenvalue weighted by Gasteiger charge is 2.33. The van der Waals surface area contributed by atoms with Gasteiger partial charge in [-0.1, -0.05) is 0 Å². The lowest BCUT2D eigenvalue weighted by molar-refractivity contribution is -0.160. The highest BCUT2D eigenvalue weighted by molar-refractivity contribution is 5.67. The fourth-order valence-electron chi connectivity index (χ4n) is 1.98. The van der Waals surface area contributed by atoms with E-state index in [-0.39, 0.29) is 30.1 Å². The first-order valence-corrected chi connectivity index (χ1v) is 5.32. The Kier molecular flexibility index (Phi) is 4.46. The molecule has 0 radical (unpaired) electrons. The summed E-state index contributed by atoms with van der Waals surface area (Å²) >= 11 is 0. The van der Waals surface area contributed by atoms with E-state index in [1.807, 2.05) is 0 Å². The third-order valence-electron chi connectivity index (χ3n) is 2.61. The van der Waals surface area contributed by atoms with Gasteiger partial charge in [0.15, 0.2) is 0 Å². The Balaban J connectivity index is 2.53. The largest absolute Gasteiger partial charge is 0.463 e. The van der Waals surface area contributed by atoms with E-state index in [2.05, 4.69) is 0 Å². The lowest BCUT2D eigenvalue weighted by atomic mass is 9.85. The molecule has 5 nitrogen and oxygen atoms in total. The third-order valence-corrected chi connectivity index (χ3v) is 2.61. The van der Waals surface area contributed by atoms with Gasteiger partial charge in [-0.15, -0.1) is 0 Å². The average Bonchev–Trinajstić information content (AvgIpc) is 2.18. The topological polar surface area (TPSA) is 69.7 Å². The normalized spacial score (nSPS) is 29.2. The van der Waals surface area contributed by atoms with E-state index in [4.69, 9.17) is 9.47 Å². The Hall–Kier alpha value is -1.39. The molecule has 90 valence electrons. The molecule has 0 aromatic carbocycles. The Morgan fingerprint density at radius 2 is 1.75 bits per heavy atom. The van der Waals surface area contributed by atoms with Gasteiger partial charge in [0.1, 0.15) is 18.5 Å². The molecular weight excluding hydrogens is 212 g/mol. The lowest BCUT2D eigenvalue weighted by Crippen LogP contribution is -2.37. The number of carbonyl (C=O) groups excluding carboxylic acids is 3. The fraction of sp³-hybridized carbons (Fsp3) is 0.727. The average molecular weight is 228 g/mol. The van der Waals surface area contributed by atoms with Crippen molar-refractivity contribution in [2.24, 2.45) is 5.92 Å². The molecule has 1 rings (SSSR count). The van der Waals surface area contributed by atoms with Crippen molar-refractivity contribution in [3.05, 3.63) is 0 Å². The number of rotatable bonds is 3. The van der Waals surface area contributed by atoms with Gasteiger partial charge in [0.2, 0.25) is 0 Å². The van der Waals surface area contributed by atoms with Crippen LogP contribution >= 0.6 is 0 Å². The van der Waals surface area contributed by atoms with Gasteiger partial charge >= 0.3 is 11.9 Å². The summed E-state index contributed by atoms with van der Waals surface area (Å²) in [5.74, 6) is -1.11. The minimum absolute atomic E-state index is 0.237. The Morgan fingerprint density at radius 1 is 1.12 bits per heavy atom. The van der Waals surface area contributed by atoms with Gasteiger partial charge in [-0.2, -0.15) is 0 Å². The zero-order valence-corrected chi connectivity index (χ0v) is 9.47. The van der Waals surface area contributed by atoms with E-state index in [1.54, 1.807) is 0 Å². The maximum atomic E-state index is 10.9. The van der Waals surface area contributed by atoms with Crippen LogP contribution in [0, 0.1) is 5.92 Å². The smallest absolute Gasteiger partial charge is 0.302 e. The number of aldehydes is 1. The minimum Gasteiger partial charge on any atom is -0.463 e. The van der Waals surface area contributed by atoms with Gasteiger partial charge in [-0.05, 0) is 19.3 Å². The van der Waals surface area contributed by atoms with Crippen LogP contribution in [0.3, 0.4) is 0 Å². The van der Waals surface area contributed by atoms with Crippen molar-refractivity contribution in [1.82, 2.24) is 0 Å². The molecule has 0 aromatic heterocycles. The summed E-state index contributed by atoms with van der Waals surface area (Å²) in [6, 6.07) is 0. The van der Waals surface area contributed by atoms with Crippen molar-refractivity contribution < 1.29 is 23.9 Å². The van der Waals surface area contributed by atoms with Gasteiger partial charge in [0.25, 0.3) is 0 Å². The van der Waals surface area contributed by atoms with Gasteiger partial charge < -0.3 is 14.3 Å². The summed E-state index contributed by atoms with van der Waals surface area (Å²) in [7, 11) is 0. The summed E-state index contributed by atoms with van der Waals surface area (Å²) in [6.45, 7) is 2.66. The SMILES string of the molecule is CC(=O)OC1CCC(OC(C)=O)C(C=O)C1. The van der Waals surface area contributed by atoms with Crippen LogP contribution in [-0.4, -0.2) is 30.4 Å². The predicted octanol–water partition coefficient (Wildman–Crippen LogP) is 0.849. The van der Waals surface area contributed by atoms with Crippen molar-refractivity contribution in [2.75, 3.05) is 0 Å². The summed E-state index contributed by atoms with van der Waals surface area (Å²) in [5.41, 5.74) is 0. The van der Waals surface area contributed by atoms with Gasteiger partial charge in [0, 0.05) is 13.8 Å². The predicted molar refractivity (Wildman–Crippen MR) is 54.5 cm³/mol. The number of hydrogen-bond donors (Lipinski definition) is 0. The number of hydrogen-bond acceptors (Lipinski definition) is 5. The van der Waals surface area contributed by atoms with E-state index >= 15 is 0 Å². The van der Waals surface area contributed by atoms with Gasteiger partial charge in [0.05, 0.1) is 5.92 Å². The molecule has 0 saturated heterocycles. The van der Waals surface area contributed by atoms with Crippen LogP contribution in [-0.2, 0) is 23.9 Å². The molecule has 0 aliphatic heterocycles. The molecule has 1 saturated carbocycles. The molecule has 5 heteroatoms. The van der Waals surface area contributed by atoms with E-state index in [0.29, 0.717) is 19.3 Å². The fourth-order valence-corrected chi connectivity index (χ4v) is 1.98. The molecule has 16 heavy (non-hydrogen) atoms. The zero-order chi connectivity index (χ0) is 12.1. The van der Waals surface area contributed by atoms with Crippen LogP contribution in [0.25, 0.3) is 0 Å². The molecule has 0 aromatic rings. The zero-order valence-electron chi connectivity index (χ0n) is 9.47. The molecular formula is C11H16O5. The van der Waals surface area contributed by atoms with E-state index in [1.165, 1.54) is 13.8 Å². The van der Waals surface area contributed by atoms with Gasteiger partial charge in [-0.25, -0.2) is 0 Å². The maximum Gasteiger partial charge on any atom is 0.302 e. The van der Waals surface area contributed by atoms with Crippen LogP contribution in [0.2, 0.25) is 0 Å².